The highest BCUT2D eigenvalue weighted by Gasteiger charge is 2.26. The van der Waals surface area contributed by atoms with E-state index >= 15 is 0 Å². The quantitative estimate of drug-likeness (QED) is 0.329. The Balaban J connectivity index is 3.25. The molecule has 1 atom stereocenters. The average Bonchev–Trinajstić information content (AvgIpc) is 2.44. The van der Waals surface area contributed by atoms with E-state index in [2.05, 4.69) is 27.7 Å². The molecular weight excluding hydrogens is 248 g/mol. The number of unbranched alkanes of at least 4 members (excludes halogenated alkanes) is 9. The molecule has 0 aromatic carbocycles. The molecule has 0 aromatic heterocycles. The molecule has 0 bridgehead atoms. The summed E-state index contributed by atoms with van der Waals surface area (Å²) in [6, 6.07) is 0. The van der Waals surface area contributed by atoms with E-state index in [4.69, 9.17) is 4.74 Å². The van der Waals surface area contributed by atoms with Gasteiger partial charge in [-0.3, -0.25) is 0 Å². The molecule has 0 aliphatic carbocycles. The summed E-state index contributed by atoms with van der Waals surface area (Å²) in [6.07, 6.45) is 13.6. The van der Waals surface area contributed by atoms with Crippen molar-refractivity contribution in [1.82, 2.24) is 0 Å². The third kappa shape index (κ3) is 10.7. The van der Waals surface area contributed by atoms with Crippen molar-refractivity contribution in [3.05, 3.63) is 0 Å². The lowest BCUT2D eigenvalue weighted by molar-refractivity contribution is -0.166. The lowest BCUT2D eigenvalue weighted by Gasteiger charge is -2.28. The predicted octanol–water partition coefficient (Wildman–Crippen LogP) is 5.68. The van der Waals surface area contributed by atoms with Gasteiger partial charge in [-0.05, 0) is 12.8 Å². The van der Waals surface area contributed by atoms with Crippen molar-refractivity contribution in [3.8, 4) is 0 Å². The second-order valence-electron chi connectivity index (χ2n) is 6.75. The minimum Gasteiger partial charge on any atom is -0.368 e. The van der Waals surface area contributed by atoms with E-state index in [9.17, 15) is 5.11 Å². The molecule has 1 unspecified atom stereocenters. The first-order valence-corrected chi connectivity index (χ1v) is 8.84. The Hall–Kier alpha value is -0.0800. The number of ether oxygens (including phenoxy) is 1. The lowest BCUT2D eigenvalue weighted by atomic mass is 9.89. The van der Waals surface area contributed by atoms with Crippen molar-refractivity contribution in [3.63, 3.8) is 0 Å². The van der Waals surface area contributed by atoms with Crippen molar-refractivity contribution in [2.75, 3.05) is 6.61 Å². The fraction of sp³-hybridized carbons (Fsp3) is 1.00. The van der Waals surface area contributed by atoms with Gasteiger partial charge in [0.1, 0.15) is 0 Å². The van der Waals surface area contributed by atoms with Crippen molar-refractivity contribution < 1.29 is 9.84 Å². The third-order valence-corrected chi connectivity index (χ3v) is 4.35. The van der Waals surface area contributed by atoms with E-state index in [1.807, 2.05) is 0 Å². The lowest BCUT2D eigenvalue weighted by Crippen LogP contribution is -2.31. The van der Waals surface area contributed by atoms with Crippen LogP contribution in [0.4, 0.5) is 0 Å². The maximum Gasteiger partial charge on any atom is 0.159 e. The smallest absolute Gasteiger partial charge is 0.159 e. The molecule has 122 valence electrons. The minimum absolute atomic E-state index is 0.126. The van der Waals surface area contributed by atoms with Gasteiger partial charge >= 0.3 is 0 Å². The monoisotopic (exact) mass is 286 g/mol. The van der Waals surface area contributed by atoms with Gasteiger partial charge in [-0.1, -0.05) is 85.5 Å². The van der Waals surface area contributed by atoms with Crippen LogP contribution in [0.1, 0.15) is 98.3 Å². The van der Waals surface area contributed by atoms with E-state index in [1.54, 1.807) is 0 Å². The number of hydrogen-bond acceptors (Lipinski definition) is 2. The number of rotatable bonds is 14. The zero-order chi connectivity index (χ0) is 15.3. The number of hydrogen-bond donors (Lipinski definition) is 1. The molecule has 0 saturated heterocycles. The van der Waals surface area contributed by atoms with Gasteiger partial charge in [-0.2, -0.15) is 0 Å². The Bertz CT molecular complexity index is 202. The van der Waals surface area contributed by atoms with Crippen LogP contribution in [0.2, 0.25) is 0 Å². The first-order valence-electron chi connectivity index (χ1n) is 8.84. The molecule has 0 spiro atoms. The van der Waals surface area contributed by atoms with Crippen molar-refractivity contribution in [2.45, 2.75) is 105 Å². The molecule has 0 aliphatic heterocycles. The molecule has 20 heavy (non-hydrogen) atoms. The molecular formula is C18H38O2. The first-order chi connectivity index (χ1) is 9.54. The largest absolute Gasteiger partial charge is 0.368 e. The van der Waals surface area contributed by atoms with Gasteiger partial charge in [0.15, 0.2) is 6.29 Å². The molecule has 2 nitrogen and oxygen atoms in total. The summed E-state index contributed by atoms with van der Waals surface area (Å²) >= 11 is 0. The molecule has 0 amide bonds. The van der Waals surface area contributed by atoms with Gasteiger partial charge in [-0.15, -0.1) is 0 Å². The second kappa shape index (κ2) is 12.6. The Morgan fingerprint density at radius 1 is 0.800 bits per heavy atom. The van der Waals surface area contributed by atoms with E-state index in [1.165, 1.54) is 57.8 Å². The van der Waals surface area contributed by atoms with Gasteiger partial charge in [0, 0.05) is 12.0 Å². The fourth-order valence-electron chi connectivity index (χ4n) is 2.18. The normalized spacial score (nSPS) is 13.7. The van der Waals surface area contributed by atoms with Crippen LogP contribution in [0, 0.1) is 5.41 Å². The van der Waals surface area contributed by atoms with Crippen LogP contribution in [-0.2, 0) is 4.74 Å². The Kier molecular flexibility index (Phi) is 12.6. The van der Waals surface area contributed by atoms with E-state index in [0.29, 0.717) is 6.61 Å². The molecule has 0 fully saturated rings. The maximum absolute atomic E-state index is 9.90. The summed E-state index contributed by atoms with van der Waals surface area (Å²) in [7, 11) is 0. The Morgan fingerprint density at radius 2 is 1.25 bits per heavy atom. The summed E-state index contributed by atoms with van der Waals surface area (Å²) in [5.74, 6) is 0. The summed E-state index contributed by atoms with van der Waals surface area (Å²) in [5.41, 5.74) is -0.126. The van der Waals surface area contributed by atoms with Crippen LogP contribution in [0.3, 0.4) is 0 Å². The van der Waals surface area contributed by atoms with E-state index < -0.39 is 6.29 Å². The third-order valence-electron chi connectivity index (χ3n) is 4.35. The maximum atomic E-state index is 9.90. The van der Waals surface area contributed by atoms with Crippen LogP contribution in [0.15, 0.2) is 0 Å². The summed E-state index contributed by atoms with van der Waals surface area (Å²) in [5, 5.41) is 9.90. The first kappa shape index (κ1) is 19.9. The summed E-state index contributed by atoms with van der Waals surface area (Å²) in [4.78, 5) is 0. The fourth-order valence-corrected chi connectivity index (χ4v) is 2.18. The van der Waals surface area contributed by atoms with Crippen LogP contribution in [-0.4, -0.2) is 18.0 Å². The number of aliphatic hydroxyl groups is 1. The number of aliphatic hydroxyl groups excluding tert-OH is 1. The van der Waals surface area contributed by atoms with Crippen LogP contribution < -0.4 is 0 Å². The van der Waals surface area contributed by atoms with Crippen LogP contribution >= 0.6 is 0 Å². The standard InChI is InChI=1S/C18H38O2/c1-5-7-8-9-10-11-12-13-14-15-16-20-17(19)18(3,4)6-2/h17,19H,5-16H2,1-4H3. The summed E-state index contributed by atoms with van der Waals surface area (Å²) < 4.78 is 5.53. The highest BCUT2D eigenvalue weighted by Crippen LogP contribution is 2.25. The molecule has 0 aliphatic rings. The highest BCUT2D eigenvalue weighted by molar-refractivity contribution is 4.69. The van der Waals surface area contributed by atoms with Gasteiger partial charge < -0.3 is 9.84 Å². The van der Waals surface area contributed by atoms with Gasteiger partial charge in [0.25, 0.3) is 0 Å². The topological polar surface area (TPSA) is 29.5 Å². The average molecular weight is 286 g/mol. The Labute approximate surface area is 127 Å². The van der Waals surface area contributed by atoms with Crippen LogP contribution in [0.5, 0.6) is 0 Å². The van der Waals surface area contributed by atoms with Crippen molar-refractivity contribution in [2.24, 2.45) is 5.41 Å². The second-order valence-corrected chi connectivity index (χ2v) is 6.75. The molecule has 0 aromatic rings. The molecule has 0 radical (unpaired) electrons. The molecule has 0 heterocycles. The van der Waals surface area contributed by atoms with E-state index in [-0.39, 0.29) is 5.41 Å². The minimum atomic E-state index is -0.619. The zero-order valence-electron chi connectivity index (χ0n) is 14.4. The van der Waals surface area contributed by atoms with Crippen molar-refractivity contribution in [1.29, 1.82) is 0 Å². The summed E-state index contributed by atoms with van der Waals surface area (Å²) in [6.45, 7) is 9.15. The van der Waals surface area contributed by atoms with Gasteiger partial charge in [0.05, 0.1) is 0 Å². The van der Waals surface area contributed by atoms with E-state index in [0.717, 1.165) is 12.8 Å². The zero-order valence-corrected chi connectivity index (χ0v) is 14.4. The SMILES string of the molecule is CCCCCCCCCCCCOC(O)C(C)(C)CC. The van der Waals surface area contributed by atoms with Gasteiger partial charge in [0.2, 0.25) is 0 Å². The molecule has 2 heteroatoms. The van der Waals surface area contributed by atoms with Crippen LogP contribution in [0.25, 0.3) is 0 Å². The Morgan fingerprint density at radius 3 is 1.70 bits per heavy atom. The van der Waals surface area contributed by atoms with Gasteiger partial charge in [-0.25, -0.2) is 0 Å². The van der Waals surface area contributed by atoms with Crippen molar-refractivity contribution >= 4 is 0 Å². The highest BCUT2D eigenvalue weighted by atomic mass is 16.6. The molecule has 0 saturated carbocycles. The molecule has 0 rings (SSSR count). The molecule has 1 N–H and O–H groups in total. The predicted molar refractivity (Wildman–Crippen MR) is 87.9 cm³/mol.